The molecule has 176 valence electrons. The average molecular weight is 437 g/mol. The molecule has 1 aliphatic rings. The fourth-order valence-electron chi connectivity index (χ4n) is 3.40. The molecule has 0 radical (unpaired) electrons. The molecule has 0 aliphatic carbocycles. The van der Waals surface area contributed by atoms with Crippen molar-refractivity contribution in [1.29, 1.82) is 0 Å². The van der Waals surface area contributed by atoms with E-state index in [1.54, 1.807) is 11.2 Å². The molecule has 0 aromatic carbocycles. The maximum Gasteiger partial charge on any atom is 0.410 e. The van der Waals surface area contributed by atoms with Crippen molar-refractivity contribution in [3.05, 3.63) is 18.0 Å². The number of piperazine rings is 1. The van der Waals surface area contributed by atoms with Crippen LogP contribution in [0.1, 0.15) is 53.7 Å². The summed E-state index contributed by atoms with van der Waals surface area (Å²) in [5, 5.41) is 7.40. The molecule has 1 saturated heterocycles. The van der Waals surface area contributed by atoms with Gasteiger partial charge in [-0.25, -0.2) is 4.79 Å². The highest BCUT2D eigenvalue weighted by Crippen LogP contribution is 2.12. The van der Waals surface area contributed by atoms with Gasteiger partial charge in [0.25, 0.3) is 0 Å². The Morgan fingerprint density at radius 3 is 2.58 bits per heavy atom. The van der Waals surface area contributed by atoms with Crippen LogP contribution in [0, 0.1) is 0 Å². The summed E-state index contributed by atoms with van der Waals surface area (Å²) >= 11 is 0. The number of nitrogens with one attached hydrogen (secondary N) is 1. The number of ether oxygens (including phenoxy) is 1. The van der Waals surface area contributed by atoms with Crippen LogP contribution < -0.4 is 5.32 Å². The van der Waals surface area contributed by atoms with Crippen LogP contribution in [-0.2, 0) is 11.3 Å². The van der Waals surface area contributed by atoms with Crippen molar-refractivity contribution < 1.29 is 14.1 Å². The van der Waals surface area contributed by atoms with Crippen molar-refractivity contribution >= 4 is 12.1 Å². The maximum atomic E-state index is 12.5. The van der Waals surface area contributed by atoms with Crippen molar-refractivity contribution in [1.82, 2.24) is 25.2 Å². The number of aliphatic imine (C=N–C) groups is 1. The average Bonchev–Trinajstić information content (AvgIpc) is 3.19. The molecule has 1 aromatic rings. The standard InChI is InChI=1S/C22H40N6O3/c1-7-23-20(27-14-12-26(13-15-27)17-19-9-16-30-25-19)24-10-8-11-28(18(2)3)21(29)31-22(4,5)6/h9,16,18H,7-8,10-15,17H2,1-6H3,(H,23,24). The minimum atomic E-state index is -0.490. The quantitative estimate of drug-likeness (QED) is 0.381. The van der Waals surface area contributed by atoms with Gasteiger partial charge in [-0.1, -0.05) is 5.16 Å². The van der Waals surface area contributed by atoms with Gasteiger partial charge in [-0.2, -0.15) is 0 Å². The van der Waals surface area contributed by atoms with Crippen LogP contribution in [0.3, 0.4) is 0 Å². The van der Waals surface area contributed by atoms with E-state index in [0.717, 1.165) is 57.3 Å². The molecule has 1 aromatic heterocycles. The van der Waals surface area contributed by atoms with Gasteiger partial charge in [0.15, 0.2) is 5.96 Å². The number of amides is 1. The zero-order valence-electron chi connectivity index (χ0n) is 20.1. The van der Waals surface area contributed by atoms with Crippen molar-refractivity contribution in [3.63, 3.8) is 0 Å². The molecule has 2 heterocycles. The first kappa shape index (κ1) is 25.0. The van der Waals surface area contributed by atoms with Crippen LogP contribution >= 0.6 is 0 Å². The molecule has 0 bridgehead atoms. The number of rotatable bonds is 8. The third kappa shape index (κ3) is 8.77. The number of aromatic nitrogens is 1. The number of nitrogens with zero attached hydrogens (tertiary/aromatic N) is 5. The van der Waals surface area contributed by atoms with Crippen LogP contribution in [0.4, 0.5) is 4.79 Å². The van der Waals surface area contributed by atoms with Gasteiger partial charge < -0.3 is 24.4 Å². The zero-order chi connectivity index (χ0) is 22.9. The molecule has 1 aliphatic heterocycles. The lowest BCUT2D eigenvalue weighted by Gasteiger charge is -2.36. The van der Waals surface area contributed by atoms with Crippen LogP contribution in [0.2, 0.25) is 0 Å². The van der Waals surface area contributed by atoms with Crippen LogP contribution in [-0.4, -0.2) is 89.4 Å². The molecule has 9 heteroatoms. The third-order valence-corrected chi connectivity index (χ3v) is 4.95. The van der Waals surface area contributed by atoms with Gasteiger partial charge in [0, 0.05) is 64.5 Å². The summed E-state index contributed by atoms with van der Waals surface area (Å²) in [6.45, 7) is 18.4. The highest BCUT2D eigenvalue weighted by Gasteiger charge is 2.24. The summed E-state index contributed by atoms with van der Waals surface area (Å²) in [7, 11) is 0. The predicted molar refractivity (Wildman–Crippen MR) is 122 cm³/mol. The number of guanidine groups is 1. The molecule has 1 N–H and O–H groups in total. The molecule has 0 saturated carbocycles. The van der Waals surface area contributed by atoms with Gasteiger partial charge in [-0.05, 0) is 48.0 Å². The van der Waals surface area contributed by atoms with E-state index in [1.807, 2.05) is 40.7 Å². The summed E-state index contributed by atoms with van der Waals surface area (Å²) in [4.78, 5) is 23.7. The highest BCUT2D eigenvalue weighted by atomic mass is 16.6. The summed E-state index contributed by atoms with van der Waals surface area (Å²) < 4.78 is 10.5. The first-order valence-electron chi connectivity index (χ1n) is 11.3. The van der Waals surface area contributed by atoms with E-state index < -0.39 is 5.60 Å². The van der Waals surface area contributed by atoms with Crippen molar-refractivity contribution in [3.8, 4) is 0 Å². The Balaban J connectivity index is 1.83. The first-order chi connectivity index (χ1) is 14.7. The van der Waals surface area contributed by atoms with Gasteiger partial charge in [-0.15, -0.1) is 0 Å². The fraction of sp³-hybridized carbons (Fsp3) is 0.773. The van der Waals surface area contributed by atoms with Crippen LogP contribution in [0.5, 0.6) is 0 Å². The second-order valence-electron chi connectivity index (χ2n) is 9.11. The highest BCUT2D eigenvalue weighted by molar-refractivity contribution is 5.80. The molecule has 0 atom stereocenters. The molecular weight excluding hydrogens is 396 g/mol. The van der Waals surface area contributed by atoms with E-state index in [1.165, 1.54) is 0 Å². The normalized spacial score (nSPS) is 16.0. The van der Waals surface area contributed by atoms with Gasteiger partial charge in [0.1, 0.15) is 11.9 Å². The van der Waals surface area contributed by atoms with Crippen molar-refractivity contribution in [2.45, 2.75) is 66.2 Å². The molecule has 1 fully saturated rings. The Hall–Kier alpha value is -2.29. The van der Waals surface area contributed by atoms with Crippen molar-refractivity contribution in [2.75, 3.05) is 45.8 Å². The topological polar surface area (TPSA) is 86.4 Å². The molecular formula is C22H40N6O3. The second kappa shape index (κ2) is 11.9. The minimum Gasteiger partial charge on any atom is -0.444 e. The van der Waals surface area contributed by atoms with E-state index in [0.29, 0.717) is 13.1 Å². The van der Waals surface area contributed by atoms with Crippen molar-refractivity contribution in [2.24, 2.45) is 4.99 Å². The number of carbonyl (C=O) groups is 1. The molecule has 2 rings (SSSR count). The maximum absolute atomic E-state index is 12.5. The summed E-state index contributed by atoms with van der Waals surface area (Å²) in [6.07, 6.45) is 2.14. The lowest BCUT2D eigenvalue weighted by atomic mass is 10.2. The smallest absolute Gasteiger partial charge is 0.410 e. The fourth-order valence-corrected chi connectivity index (χ4v) is 3.40. The van der Waals surface area contributed by atoms with E-state index >= 15 is 0 Å². The minimum absolute atomic E-state index is 0.0878. The Kier molecular flexibility index (Phi) is 9.61. The summed E-state index contributed by atoms with van der Waals surface area (Å²) in [6, 6.07) is 2.00. The summed E-state index contributed by atoms with van der Waals surface area (Å²) in [5.74, 6) is 0.942. The monoisotopic (exact) mass is 436 g/mol. The summed E-state index contributed by atoms with van der Waals surface area (Å²) in [5.41, 5.74) is 0.477. The Morgan fingerprint density at radius 1 is 1.32 bits per heavy atom. The molecule has 0 unspecified atom stereocenters. The Labute approximate surface area is 186 Å². The lowest BCUT2D eigenvalue weighted by molar-refractivity contribution is 0.0190. The van der Waals surface area contributed by atoms with E-state index in [4.69, 9.17) is 14.3 Å². The van der Waals surface area contributed by atoms with E-state index in [9.17, 15) is 4.79 Å². The first-order valence-corrected chi connectivity index (χ1v) is 11.3. The predicted octanol–water partition coefficient (Wildman–Crippen LogP) is 2.79. The second-order valence-corrected chi connectivity index (χ2v) is 9.11. The van der Waals surface area contributed by atoms with E-state index in [-0.39, 0.29) is 12.1 Å². The Morgan fingerprint density at radius 2 is 2.03 bits per heavy atom. The van der Waals surface area contributed by atoms with Crippen LogP contribution in [0.15, 0.2) is 21.8 Å². The molecule has 31 heavy (non-hydrogen) atoms. The molecule has 9 nitrogen and oxygen atoms in total. The lowest BCUT2D eigenvalue weighted by Crippen LogP contribution is -2.52. The number of hydrogen-bond acceptors (Lipinski definition) is 6. The largest absolute Gasteiger partial charge is 0.444 e. The molecule has 1 amide bonds. The Bertz CT molecular complexity index is 676. The SMILES string of the molecule is CCNC(=NCCCN(C(=O)OC(C)(C)C)C(C)C)N1CCN(Cc2ccon2)CC1. The van der Waals surface area contributed by atoms with Gasteiger partial charge >= 0.3 is 6.09 Å². The van der Waals surface area contributed by atoms with Gasteiger partial charge in [0.05, 0.1) is 5.69 Å². The zero-order valence-corrected chi connectivity index (χ0v) is 20.1. The third-order valence-electron chi connectivity index (χ3n) is 4.95. The number of hydrogen-bond donors (Lipinski definition) is 1. The van der Waals surface area contributed by atoms with E-state index in [2.05, 4.69) is 27.2 Å². The van der Waals surface area contributed by atoms with Gasteiger partial charge in [-0.3, -0.25) is 9.89 Å². The molecule has 0 spiro atoms. The van der Waals surface area contributed by atoms with Gasteiger partial charge in [0.2, 0.25) is 0 Å². The number of carbonyl (C=O) groups excluding carboxylic acids is 1. The van der Waals surface area contributed by atoms with Crippen LogP contribution in [0.25, 0.3) is 0 Å².